The van der Waals surface area contributed by atoms with Crippen molar-refractivity contribution in [2.75, 3.05) is 7.11 Å². The van der Waals surface area contributed by atoms with E-state index >= 15 is 0 Å². The highest BCUT2D eigenvalue weighted by molar-refractivity contribution is 5.83. The summed E-state index contributed by atoms with van der Waals surface area (Å²) in [5.74, 6) is -0.626. The Morgan fingerprint density at radius 1 is 1.43 bits per heavy atom. The Hall–Kier alpha value is -1.10. The number of methoxy groups -OCH3 is 1. The maximum Gasteiger partial charge on any atom is 0.328 e. The van der Waals surface area contributed by atoms with Crippen molar-refractivity contribution < 1.29 is 14.3 Å². The third-order valence-corrected chi connectivity index (χ3v) is 1.76. The van der Waals surface area contributed by atoms with Gasteiger partial charge < -0.3 is 15.8 Å². The minimum absolute atomic E-state index is 0.00539. The van der Waals surface area contributed by atoms with Crippen LogP contribution in [0.5, 0.6) is 0 Å². The molecule has 0 bridgehead atoms. The Bertz CT molecular complexity index is 204. The van der Waals surface area contributed by atoms with E-state index in [2.05, 4.69) is 10.1 Å². The smallest absolute Gasteiger partial charge is 0.328 e. The van der Waals surface area contributed by atoms with Crippen molar-refractivity contribution >= 4 is 11.9 Å². The van der Waals surface area contributed by atoms with E-state index in [-0.39, 0.29) is 11.9 Å². The van der Waals surface area contributed by atoms with Crippen LogP contribution in [0.2, 0.25) is 0 Å². The number of rotatable bonds is 5. The second-order valence-corrected chi connectivity index (χ2v) is 3.33. The molecule has 0 aromatic rings. The predicted molar refractivity (Wildman–Crippen MR) is 52.5 cm³/mol. The zero-order chi connectivity index (χ0) is 11.1. The molecule has 0 aliphatic rings. The molecule has 0 fully saturated rings. The summed E-state index contributed by atoms with van der Waals surface area (Å²) >= 11 is 0. The Kier molecular flexibility index (Phi) is 5.87. The van der Waals surface area contributed by atoms with Crippen LogP contribution < -0.4 is 11.1 Å². The van der Waals surface area contributed by atoms with Gasteiger partial charge in [-0.05, 0) is 20.3 Å². The molecule has 0 saturated carbocycles. The number of hydrogen-bond acceptors (Lipinski definition) is 4. The minimum Gasteiger partial charge on any atom is -0.467 e. The molecule has 14 heavy (non-hydrogen) atoms. The van der Waals surface area contributed by atoms with E-state index in [1.165, 1.54) is 7.11 Å². The molecular weight excluding hydrogens is 184 g/mol. The first-order valence-electron chi connectivity index (χ1n) is 4.60. The Morgan fingerprint density at radius 2 is 2.00 bits per heavy atom. The van der Waals surface area contributed by atoms with Crippen LogP contribution in [0.15, 0.2) is 0 Å². The van der Waals surface area contributed by atoms with Gasteiger partial charge in [-0.1, -0.05) is 0 Å². The van der Waals surface area contributed by atoms with Crippen molar-refractivity contribution in [1.29, 1.82) is 0 Å². The lowest BCUT2D eigenvalue weighted by Gasteiger charge is -2.11. The zero-order valence-electron chi connectivity index (χ0n) is 8.87. The molecule has 0 aliphatic heterocycles. The molecule has 0 radical (unpaired) electrons. The summed E-state index contributed by atoms with van der Waals surface area (Å²) in [6.07, 6.45) is 0.943. The number of ether oxygens (including phenoxy) is 1. The summed E-state index contributed by atoms with van der Waals surface area (Å²) in [6.45, 7) is 3.41. The molecule has 0 aromatic carbocycles. The fraction of sp³-hybridized carbons (Fsp3) is 0.778. The van der Waals surface area contributed by atoms with Gasteiger partial charge in [-0.15, -0.1) is 0 Å². The summed E-state index contributed by atoms with van der Waals surface area (Å²) in [7, 11) is 1.28. The molecule has 0 aromatic heterocycles. The summed E-state index contributed by atoms with van der Waals surface area (Å²) in [5, 5.41) is 2.52. The van der Waals surface area contributed by atoms with Crippen LogP contribution >= 0.6 is 0 Å². The van der Waals surface area contributed by atoms with Crippen molar-refractivity contribution in [2.24, 2.45) is 5.73 Å². The van der Waals surface area contributed by atoms with E-state index in [0.29, 0.717) is 12.8 Å². The number of esters is 1. The molecule has 5 nitrogen and oxygen atoms in total. The van der Waals surface area contributed by atoms with Crippen LogP contribution in [0.3, 0.4) is 0 Å². The molecule has 2 atom stereocenters. The first kappa shape index (κ1) is 12.9. The van der Waals surface area contributed by atoms with Crippen LogP contribution in [0.25, 0.3) is 0 Å². The monoisotopic (exact) mass is 202 g/mol. The number of nitrogens with one attached hydrogen (secondary N) is 1. The maximum absolute atomic E-state index is 11.2. The lowest BCUT2D eigenvalue weighted by atomic mass is 10.2. The van der Waals surface area contributed by atoms with Crippen molar-refractivity contribution in [3.05, 3.63) is 0 Å². The van der Waals surface area contributed by atoms with Crippen LogP contribution in [0, 0.1) is 0 Å². The van der Waals surface area contributed by atoms with Crippen LogP contribution in [-0.4, -0.2) is 31.1 Å². The van der Waals surface area contributed by atoms with E-state index in [1.807, 2.05) is 6.92 Å². The van der Waals surface area contributed by atoms with Crippen LogP contribution in [0.4, 0.5) is 0 Å². The van der Waals surface area contributed by atoms with Crippen LogP contribution in [0.1, 0.15) is 26.7 Å². The highest BCUT2D eigenvalue weighted by Crippen LogP contribution is 1.94. The average molecular weight is 202 g/mol. The van der Waals surface area contributed by atoms with Gasteiger partial charge in [-0.3, -0.25) is 4.79 Å². The summed E-state index contributed by atoms with van der Waals surface area (Å²) in [5.41, 5.74) is 5.49. The maximum atomic E-state index is 11.2. The molecule has 2 unspecified atom stereocenters. The van der Waals surface area contributed by atoms with Gasteiger partial charge in [-0.25, -0.2) is 4.79 Å². The van der Waals surface area contributed by atoms with Gasteiger partial charge in [0, 0.05) is 12.5 Å². The van der Waals surface area contributed by atoms with Gasteiger partial charge in [-0.2, -0.15) is 0 Å². The molecule has 0 saturated heterocycles. The van der Waals surface area contributed by atoms with E-state index in [4.69, 9.17) is 5.73 Å². The third kappa shape index (κ3) is 5.53. The highest BCUT2D eigenvalue weighted by Gasteiger charge is 2.15. The third-order valence-electron chi connectivity index (χ3n) is 1.76. The fourth-order valence-electron chi connectivity index (χ4n) is 0.908. The molecule has 0 spiro atoms. The lowest BCUT2D eigenvalue weighted by Crippen LogP contribution is -2.39. The number of carbonyl (C=O) groups is 2. The van der Waals surface area contributed by atoms with Gasteiger partial charge in [0.2, 0.25) is 5.91 Å². The van der Waals surface area contributed by atoms with Crippen molar-refractivity contribution in [2.45, 2.75) is 38.8 Å². The molecular formula is C9H18N2O3. The quantitative estimate of drug-likeness (QED) is 0.604. The van der Waals surface area contributed by atoms with E-state index < -0.39 is 12.0 Å². The highest BCUT2D eigenvalue weighted by atomic mass is 16.5. The molecule has 0 aliphatic carbocycles. The van der Waals surface area contributed by atoms with E-state index in [9.17, 15) is 9.59 Å². The zero-order valence-corrected chi connectivity index (χ0v) is 8.87. The lowest BCUT2D eigenvalue weighted by molar-refractivity contribution is -0.144. The summed E-state index contributed by atoms with van der Waals surface area (Å²) in [4.78, 5) is 22.1. The Morgan fingerprint density at radius 3 is 2.43 bits per heavy atom. The van der Waals surface area contributed by atoms with Gasteiger partial charge in [0.25, 0.3) is 0 Å². The molecule has 3 N–H and O–H groups in total. The van der Waals surface area contributed by atoms with Crippen molar-refractivity contribution in [1.82, 2.24) is 5.32 Å². The SMILES string of the molecule is COC(=O)C(C)NC(=O)CCC(C)N. The molecule has 0 rings (SSSR count). The number of hydrogen-bond donors (Lipinski definition) is 2. The summed E-state index contributed by atoms with van der Waals surface area (Å²) < 4.78 is 4.46. The van der Waals surface area contributed by atoms with Gasteiger partial charge in [0.05, 0.1) is 7.11 Å². The topological polar surface area (TPSA) is 81.4 Å². The minimum atomic E-state index is -0.597. The summed E-state index contributed by atoms with van der Waals surface area (Å²) in [6, 6.07) is -0.602. The Labute approximate surface area is 84.0 Å². The van der Waals surface area contributed by atoms with Crippen molar-refractivity contribution in [3.8, 4) is 0 Å². The molecule has 82 valence electrons. The number of nitrogens with two attached hydrogens (primary N) is 1. The van der Waals surface area contributed by atoms with Gasteiger partial charge >= 0.3 is 5.97 Å². The largest absolute Gasteiger partial charge is 0.467 e. The standard InChI is InChI=1S/C9H18N2O3/c1-6(10)4-5-8(12)11-7(2)9(13)14-3/h6-7H,4-5,10H2,1-3H3,(H,11,12). The Balaban J connectivity index is 3.77. The van der Waals surface area contributed by atoms with E-state index in [0.717, 1.165) is 0 Å². The number of carbonyl (C=O) groups excluding carboxylic acids is 2. The molecule has 5 heteroatoms. The predicted octanol–water partition coefficient (Wildman–Crippen LogP) is -0.208. The average Bonchev–Trinajstić information content (AvgIpc) is 2.13. The normalized spacial score (nSPS) is 14.3. The van der Waals surface area contributed by atoms with Crippen LogP contribution in [-0.2, 0) is 14.3 Å². The molecule has 0 heterocycles. The first-order valence-corrected chi connectivity index (χ1v) is 4.60. The van der Waals surface area contributed by atoms with E-state index in [1.54, 1.807) is 6.92 Å². The van der Waals surface area contributed by atoms with Crippen molar-refractivity contribution in [3.63, 3.8) is 0 Å². The van der Waals surface area contributed by atoms with Gasteiger partial charge in [0.15, 0.2) is 0 Å². The van der Waals surface area contributed by atoms with Gasteiger partial charge in [0.1, 0.15) is 6.04 Å². The molecule has 1 amide bonds. The second kappa shape index (κ2) is 6.37. The number of amides is 1. The first-order chi connectivity index (χ1) is 6.47. The second-order valence-electron chi connectivity index (χ2n) is 3.33. The fourth-order valence-corrected chi connectivity index (χ4v) is 0.908.